The summed E-state index contributed by atoms with van der Waals surface area (Å²) in [7, 11) is 1.78. The van der Waals surface area contributed by atoms with Gasteiger partial charge in [0, 0.05) is 13.7 Å². The molecule has 3 heteroatoms. The summed E-state index contributed by atoms with van der Waals surface area (Å²) < 4.78 is 11.1. The maximum Gasteiger partial charge on any atom is 0.0603 e. The third kappa shape index (κ3) is 2.69. The molecular formula is C11H21NO2. The molecule has 2 rings (SSSR count). The Hall–Kier alpha value is -0.120. The van der Waals surface area contributed by atoms with E-state index in [9.17, 15) is 0 Å². The number of hydrogen-bond donors (Lipinski definition) is 1. The van der Waals surface area contributed by atoms with Crippen LogP contribution in [0.25, 0.3) is 0 Å². The van der Waals surface area contributed by atoms with Crippen LogP contribution in [0.5, 0.6) is 0 Å². The third-order valence-electron chi connectivity index (χ3n) is 3.27. The molecule has 1 aliphatic heterocycles. The minimum atomic E-state index is 0.518. The molecule has 1 N–H and O–H groups in total. The Balaban J connectivity index is 1.58. The summed E-state index contributed by atoms with van der Waals surface area (Å²) in [6, 6.07) is 0. The Morgan fingerprint density at radius 3 is 2.50 bits per heavy atom. The molecule has 82 valence electrons. The second kappa shape index (κ2) is 5.10. The van der Waals surface area contributed by atoms with E-state index in [1.807, 2.05) is 0 Å². The van der Waals surface area contributed by atoms with Gasteiger partial charge in [0.25, 0.3) is 0 Å². The van der Waals surface area contributed by atoms with E-state index in [2.05, 4.69) is 5.32 Å². The molecule has 0 spiro atoms. The van der Waals surface area contributed by atoms with Gasteiger partial charge in [0.2, 0.25) is 0 Å². The van der Waals surface area contributed by atoms with Crippen molar-refractivity contribution in [3.8, 4) is 0 Å². The number of ether oxygens (including phenoxy) is 2. The molecule has 1 saturated carbocycles. The highest BCUT2D eigenvalue weighted by Gasteiger charge is 2.31. The fourth-order valence-corrected chi connectivity index (χ4v) is 2.36. The van der Waals surface area contributed by atoms with Crippen molar-refractivity contribution in [3.63, 3.8) is 0 Å². The van der Waals surface area contributed by atoms with Crippen LogP contribution in [0.3, 0.4) is 0 Å². The largest absolute Gasteiger partial charge is 0.384 e. The highest BCUT2D eigenvalue weighted by Crippen LogP contribution is 2.31. The van der Waals surface area contributed by atoms with Crippen LogP contribution in [-0.2, 0) is 9.47 Å². The topological polar surface area (TPSA) is 30.5 Å². The van der Waals surface area contributed by atoms with Gasteiger partial charge >= 0.3 is 0 Å². The fraction of sp³-hybridized carbons (Fsp3) is 1.00. The zero-order valence-corrected chi connectivity index (χ0v) is 9.00. The van der Waals surface area contributed by atoms with Crippen LogP contribution in [0.4, 0.5) is 0 Å². The smallest absolute Gasteiger partial charge is 0.0603 e. The Bertz CT molecular complexity index is 163. The maximum absolute atomic E-state index is 6.01. The van der Waals surface area contributed by atoms with E-state index in [0.29, 0.717) is 12.2 Å². The van der Waals surface area contributed by atoms with Crippen LogP contribution in [0, 0.1) is 5.92 Å². The summed E-state index contributed by atoms with van der Waals surface area (Å²) in [6.07, 6.45) is 5.83. The Labute approximate surface area is 86.2 Å². The maximum atomic E-state index is 6.01. The lowest BCUT2D eigenvalue weighted by Crippen LogP contribution is -2.40. The summed E-state index contributed by atoms with van der Waals surface area (Å²) in [5.41, 5.74) is 0. The van der Waals surface area contributed by atoms with Crippen LogP contribution >= 0.6 is 0 Å². The second-order valence-electron chi connectivity index (χ2n) is 4.50. The van der Waals surface area contributed by atoms with Gasteiger partial charge in [0.1, 0.15) is 0 Å². The van der Waals surface area contributed by atoms with Crippen molar-refractivity contribution < 1.29 is 9.47 Å². The molecule has 0 bridgehead atoms. The molecule has 0 atom stereocenters. The zero-order chi connectivity index (χ0) is 9.80. The summed E-state index contributed by atoms with van der Waals surface area (Å²) >= 11 is 0. The van der Waals surface area contributed by atoms with E-state index in [-0.39, 0.29) is 0 Å². The van der Waals surface area contributed by atoms with Gasteiger partial charge < -0.3 is 14.8 Å². The minimum absolute atomic E-state index is 0.518. The summed E-state index contributed by atoms with van der Waals surface area (Å²) in [4.78, 5) is 0. The van der Waals surface area contributed by atoms with Crippen molar-refractivity contribution in [1.29, 1.82) is 0 Å². The van der Waals surface area contributed by atoms with Crippen molar-refractivity contribution >= 4 is 0 Å². The van der Waals surface area contributed by atoms with Gasteiger partial charge in [-0.2, -0.15) is 0 Å². The van der Waals surface area contributed by atoms with E-state index in [1.165, 1.54) is 25.7 Å². The molecule has 0 unspecified atom stereocenters. The number of piperidine rings is 1. The van der Waals surface area contributed by atoms with Gasteiger partial charge in [-0.25, -0.2) is 0 Å². The van der Waals surface area contributed by atoms with E-state index in [1.54, 1.807) is 7.11 Å². The SMILES string of the molecule is COC[C@H]1C[C@H](OC2CCNCC2)C1. The standard InChI is InChI=1S/C11H21NO2/c1-13-8-9-6-11(7-9)14-10-2-4-12-5-3-10/h9-12H,2-8H2,1H3/t9-,11-. The molecule has 0 aromatic heterocycles. The molecule has 0 amide bonds. The number of nitrogens with one attached hydrogen (secondary N) is 1. The first-order chi connectivity index (χ1) is 6.88. The fourth-order valence-electron chi connectivity index (χ4n) is 2.36. The van der Waals surface area contributed by atoms with Crippen molar-refractivity contribution in [1.82, 2.24) is 5.32 Å². The van der Waals surface area contributed by atoms with Crippen LogP contribution in [0.15, 0.2) is 0 Å². The molecule has 0 radical (unpaired) electrons. The Morgan fingerprint density at radius 1 is 1.14 bits per heavy atom. The monoisotopic (exact) mass is 199 g/mol. The molecule has 0 aromatic carbocycles. The molecule has 1 aliphatic carbocycles. The third-order valence-corrected chi connectivity index (χ3v) is 3.27. The Morgan fingerprint density at radius 2 is 1.86 bits per heavy atom. The van der Waals surface area contributed by atoms with Crippen LogP contribution in [0.1, 0.15) is 25.7 Å². The molecule has 2 fully saturated rings. The molecule has 2 aliphatic rings. The average molecular weight is 199 g/mol. The predicted molar refractivity (Wildman–Crippen MR) is 55.4 cm³/mol. The first-order valence-corrected chi connectivity index (χ1v) is 5.73. The highest BCUT2D eigenvalue weighted by atomic mass is 16.5. The summed E-state index contributed by atoms with van der Waals surface area (Å²) in [5, 5.41) is 3.35. The van der Waals surface area contributed by atoms with Crippen LogP contribution < -0.4 is 5.32 Å². The number of rotatable bonds is 4. The molecule has 0 aromatic rings. The van der Waals surface area contributed by atoms with Gasteiger partial charge in [-0.15, -0.1) is 0 Å². The predicted octanol–water partition coefficient (Wildman–Crippen LogP) is 1.18. The first kappa shape index (κ1) is 10.4. The highest BCUT2D eigenvalue weighted by molar-refractivity contribution is 4.82. The lowest BCUT2D eigenvalue weighted by atomic mass is 9.82. The van der Waals surface area contributed by atoms with E-state index in [4.69, 9.17) is 9.47 Å². The molecule has 1 saturated heterocycles. The number of methoxy groups -OCH3 is 1. The van der Waals surface area contributed by atoms with Gasteiger partial charge in [0.05, 0.1) is 12.2 Å². The lowest BCUT2D eigenvalue weighted by Gasteiger charge is -2.38. The van der Waals surface area contributed by atoms with Crippen molar-refractivity contribution in [2.45, 2.75) is 37.9 Å². The quantitative estimate of drug-likeness (QED) is 0.737. The molecular weight excluding hydrogens is 178 g/mol. The van der Waals surface area contributed by atoms with E-state index < -0.39 is 0 Å². The van der Waals surface area contributed by atoms with E-state index in [0.717, 1.165) is 25.6 Å². The first-order valence-electron chi connectivity index (χ1n) is 5.73. The minimum Gasteiger partial charge on any atom is -0.384 e. The zero-order valence-electron chi connectivity index (χ0n) is 9.00. The summed E-state index contributed by atoms with van der Waals surface area (Å²) in [6.45, 7) is 3.16. The van der Waals surface area contributed by atoms with Gasteiger partial charge in [-0.1, -0.05) is 0 Å². The summed E-state index contributed by atoms with van der Waals surface area (Å²) in [5.74, 6) is 0.756. The molecule has 14 heavy (non-hydrogen) atoms. The van der Waals surface area contributed by atoms with Crippen molar-refractivity contribution in [2.24, 2.45) is 5.92 Å². The van der Waals surface area contributed by atoms with Crippen molar-refractivity contribution in [3.05, 3.63) is 0 Å². The van der Waals surface area contributed by atoms with Gasteiger partial charge in [0.15, 0.2) is 0 Å². The van der Waals surface area contributed by atoms with Gasteiger partial charge in [-0.05, 0) is 44.7 Å². The van der Waals surface area contributed by atoms with E-state index >= 15 is 0 Å². The van der Waals surface area contributed by atoms with Crippen molar-refractivity contribution in [2.75, 3.05) is 26.8 Å². The molecule has 3 nitrogen and oxygen atoms in total. The average Bonchev–Trinajstić information content (AvgIpc) is 2.16. The van der Waals surface area contributed by atoms with Gasteiger partial charge in [-0.3, -0.25) is 0 Å². The Kier molecular flexibility index (Phi) is 3.79. The second-order valence-corrected chi connectivity index (χ2v) is 4.50. The van der Waals surface area contributed by atoms with Crippen LogP contribution in [0.2, 0.25) is 0 Å². The number of hydrogen-bond acceptors (Lipinski definition) is 3. The normalized spacial score (nSPS) is 34.1. The molecule has 1 heterocycles. The van der Waals surface area contributed by atoms with Crippen LogP contribution in [-0.4, -0.2) is 39.0 Å². The lowest BCUT2D eigenvalue weighted by molar-refractivity contribution is -0.0954.